The molecule has 1 N–H and O–H groups in total. The van der Waals surface area contributed by atoms with Crippen LogP contribution in [0.25, 0.3) is 0 Å². The Kier molecular flexibility index (Phi) is 9.08. The number of hydrogen-bond donors (Lipinski definition) is 1. The Morgan fingerprint density at radius 1 is 1.45 bits per heavy atom. The van der Waals surface area contributed by atoms with Gasteiger partial charge in [0.25, 0.3) is 0 Å². The van der Waals surface area contributed by atoms with Gasteiger partial charge in [-0.05, 0) is 0 Å². The Hall–Kier alpha value is 1.28. The molecule has 8 nitrogen and oxygen atoms in total. The van der Waals surface area contributed by atoms with Crippen LogP contribution in [0.4, 0.5) is 0 Å². The Morgan fingerprint density at radius 2 is 1.91 bits per heavy atom. The average molecular weight is 333 g/mol. The summed E-state index contributed by atoms with van der Waals surface area (Å²) in [4.78, 5) is 0. The minimum atomic E-state index is -4.77. The van der Waals surface area contributed by atoms with E-state index in [1.165, 1.54) is 0 Å². The molecule has 11 heavy (non-hydrogen) atoms. The second kappa shape index (κ2) is 6.76. The van der Waals surface area contributed by atoms with E-state index >= 15 is 0 Å². The second-order valence-electron chi connectivity index (χ2n) is 0.823. The van der Waals surface area contributed by atoms with Gasteiger partial charge in [-0.15, -0.1) is 4.33 Å². The fourth-order valence-electron chi connectivity index (χ4n) is 0.0691. The van der Waals surface area contributed by atoms with Crippen LogP contribution in [0.15, 0.2) is 0 Å². The SMILES string of the molecule is O=S([O-])OOS(=O)(=O)OO.[Ce]. The van der Waals surface area contributed by atoms with Crippen LogP contribution in [0.2, 0.25) is 0 Å². The van der Waals surface area contributed by atoms with Crippen molar-refractivity contribution in [3.8, 4) is 0 Å². The molecular formula is HCeO8S2-. The standard InChI is InChI=1S/Ce.H2O8S2/c;1-6-10(4,5)8-7-9(2)3/h;1H,(H,2,3)/p-1. The topological polar surface area (TPSA) is 122 Å². The van der Waals surface area contributed by atoms with E-state index in [2.05, 4.69) is 13.0 Å². The van der Waals surface area contributed by atoms with E-state index in [1.807, 2.05) is 0 Å². The summed E-state index contributed by atoms with van der Waals surface area (Å²) in [5, 5.41) is 7.41. The summed E-state index contributed by atoms with van der Waals surface area (Å²) in [6.07, 6.45) is 0. The minimum Gasteiger partial charge on any atom is -0.747 e. The summed E-state index contributed by atoms with van der Waals surface area (Å²) in [6.45, 7) is 0. The van der Waals surface area contributed by atoms with Crippen LogP contribution in [0.1, 0.15) is 0 Å². The molecule has 0 bridgehead atoms. The number of hydrogen-bond acceptors (Lipinski definition) is 8. The summed E-state index contributed by atoms with van der Waals surface area (Å²) in [5.74, 6) is 0. The third-order valence-corrected chi connectivity index (χ3v) is 0.941. The Bertz CT molecular complexity index is 202. The first-order valence-corrected chi connectivity index (χ1v) is 3.85. The van der Waals surface area contributed by atoms with E-state index in [1.54, 1.807) is 0 Å². The van der Waals surface area contributed by atoms with E-state index < -0.39 is 21.8 Å². The van der Waals surface area contributed by atoms with Crippen LogP contribution in [0.3, 0.4) is 0 Å². The zero-order valence-electron chi connectivity index (χ0n) is 4.62. The minimum absolute atomic E-state index is 0. The molecule has 66 valence electrons. The van der Waals surface area contributed by atoms with Crippen molar-refractivity contribution < 1.29 is 77.2 Å². The van der Waals surface area contributed by atoms with Crippen LogP contribution in [0, 0.1) is 41.7 Å². The molecule has 0 spiro atoms. The van der Waals surface area contributed by atoms with Crippen molar-refractivity contribution in [1.29, 1.82) is 0 Å². The molecule has 0 fully saturated rings. The monoisotopic (exact) mass is 333 g/mol. The van der Waals surface area contributed by atoms with E-state index in [0.29, 0.717) is 0 Å². The second-order valence-corrected chi connectivity index (χ2v) is 2.47. The van der Waals surface area contributed by atoms with Crippen molar-refractivity contribution in [1.82, 2.24) is 0 Å². The molecule has 11 heteroatoms. The average Bonchev–Trinajstić information content (AvgIpc) is 1.85. The predicted octanol–water partition coefficient (Wildman–Crippen LogP) is -1.54. The van der Waals surface area contributed by atoms with Gasteiger partial charge in [-0.2, -0.15) is 8.42 Å². The van der Waals surface area contributed by atoms with E-state index in [0.717, 1.165) is 0 Å². The molecule has 0 aromatic heterocycles. The first kappa shape index (κ1) is 14.8. The van der Waals surface area contributed by atoms with Gasteiger partial charge in [0.15, 0.2) is 0 Å². The van der Waals surface area contributed by atoms with Gasteiger partial charge in [-0.25, -0.2) is 9.47 Å². The van der Waals surface area contributed by atoms with Crippen LogP contribution in [0.5, 0.6) is 0 Å². The third kappa shape index (κ3) is 9.19. The quantitative estimate of drug-likeness (QED) is 0.373. The predicted molar refractivity (Wildman–Crippen MR) is 23.7 cm³/mol. The third-order valence-electron chi connectivity index (χ3n) is 0.258. The van der Waals surface area contributed by atoms with Crippen LogP contribution in [-0.4, -0.2) is 22.4 Å². The molecule has 1 unspecified atom stereocenters. The van der Waals surface area contributed by atoms with Gasteiger partial charge in [0, 0.05) is 41.7 Å². The smallest absolute Gasteiger partial charge is 0.454 e. The van der Waals surface area contributed by atoms with Gasteiger partial charge in [-0.3, -0.25) is 0 Å². The van der Waals surface area contributed by atoms with Crippen molar-refractivity contribution >= 4 is 21.8 Å². The first-order chi connectivity index (χ1) is 4.48. The molecule has 0 aliphatic rings. The molecule has 0 aliphatic carbocycles. The molecule has 1 atom stereocenters. The fraction of sp³-hybridized carbons (Fsp3) is 0. The molecule has 0 heterocycles. The first-order valence-electron chi connectivity index (χ1n) is 1.52. The van der Waals surface area contributed by atoms with E-state index in [9.17, 15) is 17.2 Å². The Balaban J connectivity index is 0. The van der Waals surface area contributed by atoms with Gasteiger partial charge >= 0.3 is 10.4 Å². The van der Waals surface area contributed by atoms with Crippen molar-refractivity contribution in [2.24, 2.45) is 0 Å². The van der Waals surface area contributed by atoms with Crippen molar-refractivity contribution in [3.05, 3.63) is 0 Å². The Labute approximate surface area is 97.9 Å². The van der Waals surface area contributed by atoms with Crippen LogP contribution in [-0.2, 0) is 34.8 Å². The molecule has 0 saturated carbocycles. The maximum absolute atomic E-state index is 9.81. The zero-order valence-corrected chi connectivity index (χ0v) is 9.39. The van der Waals surface area contributed by atoms with Crippen LogP contribution < -0.4 is 0 Å². The summed E-state index contributed by atoms with van der Waals surface area (Å²) in [5.41, 5.74) is 0. The molecule has 0 radical (unpaired) electrons. The summed E-state index contributed by atoms with van der Waals surface area (Å²) in [7, 11) is -4.77. The Morgan fingerprint density at radius 3 is 2.18 bits per heavy atom. The largest absolute Gasteiger partial charge is 0.747 e. The summed E-state index contributed by atoms with van der Waals surface area (Å²) < 4.78 is 47.2. The van der Waals surface area contributed by atoms with E-state index in [4.69, 9.17) is 5.26 Å². The van der Waals surface area contributed by atoms with Crippen molar-refractivity contribution in [2.45, 2.75) is 0 Å². The van der Waals surface area contributed by atoms with Gasteiger partial charge < -0.3 is 4.55 Å². The number of rotatable bonds is 4. The maximum Gasteiger partial charge on any atom is 0.454 e. The normalized spacial score (nSPS) is 13.6. The van der Waals surface area contributed by atoms with Gasteiger partial charge in [0.2, 0.25) is 0 Å². The van der Waals surface area contributed by atoms with Gasteiger partial charge in [0.1, 0.15) is 11.4 Å². The molecular weight excluding hydrogens is 332 g/mol. The molecule has 0 aromatic rings. The fourth-order valence-corrected chi connectivity index (χ4v) is 0.548. The maximum atomic E-state index is 9.81. The summed E-state index contributed by atoms with van der Waals surface area (Å²) >= 11 is -3.16. The molecule has 0 aromatic carbocycles. The molecule has 0 rings (SSSR count). The van der Waals surface area contributed by atoms with Crippen molar-refractivity contribution in [3.63, 3.8) is 0 Å². The van der Waals surface area contributed by atoms with E-state index in [-0.39, 0.29) is 41.7 Å². The molecule has 0 aliphatic heterocycles. The zero-order chi connectivity index (χ0) is 8.20. The van der Waals surface area contributed by atoms with Crippen molar-refractivity contribution in [2.75, 3.05) is 0 Å². The summed E-state index contributed by atoms with van der Waals surface area (Å²) in [6, 6.07) is 0. The van der Waals surface area contributed by atoms with Gasteiger partial charge in [0.05, 0.1) is 0 Å². The van der Waals surface area contributed by atoms with Gasteiger partial charge in [-0.1, -0.05) is 8.67 Å². The molecule has 0 saturated heterocycles. The van der Waals surface area contributed by atoms with Crippen LogP contribution >= 0.6 is 0 Å². The molecule has 0 amide bonds.